The van der Waals surface area contributed by atoms with Gasteiger partial charge >= 0.3 is 6.18 Å². The molecular weight excluding hydrogens is 251 g/mol. The van der Waals surface area contributed by atoms with Crippen LogP contribution in [0.15, 0.2) is 24.3 Å². The Morgan fingerprint density at radius 1 is 1.26 bits per heavy atom. The molecule has 1 fully saturated rings. The standard InChI is InChI=1S/C15H20F3N/c1-2-11-6-8-14(19,9-7-11)12-4-3-5-13(10-12)15(16,17)18/h3-5,10-11H,2,6-9,19H2,1H3. The predicted octanol–water partition coefficient (Wildman–Crippen LogP) is 4.46. The number of rotatable bonds is 2. The first kappa shape index (κ1) is 14.4. The fraction of sp³-hybridized carbons (Fsp3) is 0.600. The summed E-state index contributed by atoms with van der Waals surface area (Å²) in [5.74, 6) is 0.669. The van der Waals surface area contributed by atoms with Crippen molar-refractivity contribution in [3.05, 3.63) is 35.4 Å². The molecule has 19 heavy (non-hydrogen) atoms. The van der Waals surface area contributed by atoms with Crippen molar-refractivity contribution in [1.29, 1.82) is 0 Å². The highest BCUT2D eigenvalue weighted by Gasteiger charge is 2.35. The van der Waals surface area contributed by atoms with Crippen molar-refractivity contribution in [2.75, 3.05) is 0 Å². The summed E-state index contributed by atoms with van der Waals surface area (Å²) in [7, 11) is 0. The van der Waals surface area contributed by atoms with Crippen LogP contribution in [0, 0.1) is 5.92 Å². The maximum absolute atomic E-state index is 12.7. The third-order valence-electron chi connectivity index (χ3n) is 4.34. The molecule has 1 saturated carbocycles. The lowest BCUT2D eigenvalue weighted by Gasteiger charge is -2.37. The molecule has 0 amide bonds. The molecule has 106 valence electrons. The SMILES string of the molecule is CCC1CCC(N)(c2cccc(C(F)(F)F)c2)CC1. The summed E-state index contributed by atoms with van der Waals surface area (Å²) >= 11 is 0. The van der Waals surface area contributed by atoms with Crippen LogP contribution in [0.3, 0.4) is 0 Å². The Hall–Kier alpha value is -1.03. The van der Waals surface area contributed by atoms with E-state index in [0.29, 0.717) is 11.5 Å². The summed E-state index contributed by atoms with van der Waals surface area (Å²) in [6, 6.07) is 5.50. The maximum atomic E-state index is 12.7. The smallest absolute Gasteiger partial charge is 0.321 e. The molecule has 1 aromatic carbocycles. The van der Waals surface area contributed by atoms with Gasteiger partial charge in [0.25, 0.3) is 0 Å². The number of alkyl halides is 3. The van der Waals surface area contributed by atoms with Gasteiger partial charge in [0.1, 0.15) is 0 Å². The topological polar surface area (TPSA) is 26.0 Å². The van der Waals surface area contributed by atoms with Crippen molar-refractivity contribution >= 4 is 0 Å². The van der Waals surface area contributed by atoms with Crippen molar-refractivity contribution in [1.82, 2.24) is 0 Å². The quantitative estimate of drug-likeness (QED) is 0.844. The van der Waals surface area contributed by atoms with Gasteiger partial charge in [0, 0.05) is 5.54 Å². The summed E-state index contributed by atoms with van der Waals surface area (Å²) < 4.78 is 38.2. The molecule has 0 spiro atoms. The van der Waals surface area contributed by atoms with Crippen molar-refractivity contribution in [2.45, 2.75) is 50.7 Å². The second-order valence-electron chi connectivity index (χ2n) is 5.59. The van der Waals surface area contributed by atoms with Crippen LogP contribution in [0.1, 0.15) is 50.2 Å². The van der Waals surface area contributed by atoms with E-state index in [1.54, 1.807) is 6.07 Å². The molecule has 1 aliphatic carbocycles. The molecule has 0 bridgehead atoms. The van der Waals surface area contributed by atoms with E-state index in [9.17, 15) is 13.2 Å². The van der Waals surface area contributed by atoms with Crippen molar-refractivity contribution in [3.63, 3.8) is 0 Å². The van der Waals surface area contributed by atoms with Crippen LogP contribution in [-0.2, 0) is 11.7 Å². The minimum Gasteiger partial charge on any atom is -0.321 e. The first-order valence-corrected chi connectivity index (χ1v) is 6.82. The molecule has 4 heteroatoms. The van der Waals surface area contributed by atoms with Gasteiger partial charge in [0.05, 0.1) is 5.56 Å². The Labute approximate surface area is 112 Å². The second-order valence-corrected chi connectivity index (χ2v) is 5.59. The van der Waals surface area contributed by atoms with E-state index < -0.39 is 17.3 Å². The van der Waals surface area contributed by atoms with Crippen LogP contribution in [0.25, 0.3) is 0 Å². The molecule has 1 nitrogen and oxygen atoms in total. The summed E-state index contributed by atoms with van der Waals surface area (Å²) in [4.78, 5) is 0. The van der Waals surface area contributed by atoms with Gasteiger partial charge in [-0.3, -0.25) is 0 Å². The van der Waals surface area contributed by atoms with E-state index in [4.69, 9.17) is 5.73 Å². The minimum atomic E-state index is -4.30. The van der Waals surface area contributed by atoms with Gasteiger partial charge in [0.2, 0.25) is 0 Å². The molecule has 0 unspecified atom stereocenters. The summed E-state index contributed by atoms with van der Waals surface area (Å²) in [6.45, 7) is 2.15. The Morgan fingerprint density at radius 3 is 2.42 bits per heavy atom. The Balaban J connectivity index is 2.22. The lowest BCUT2D eigenvalue weighted by Crippen LogP contribution is -2.40. The van der Waals surface area contributed by atoms with E-state index in [2.05, 4.69) is 6.92 Å². The van der Waals surface area contributed by atoms with Gasteiger partial charge in [-0.25, -0.2) is 0 Å². The summed E-state index contributed by atoms with van der Waals surface area (Å²) in [5, 5.41) is 0. The molecule has 2 rings (SSSR count). The first-order chi connectivity index (χ1) is 8.85. The third kappa shape index (κ3) is 3.11. The number of benzene rings is 1. The summed E-state index contributed by atoms with van der Waals surface area (Å²) in [5.41, 5.74) is 5.77. The molecular formula is C15H20F3N. The van der Waals surface area contributed by atoms with E-state index >= 15 is 0 Å². The van der Waals surface area contributed by atoms with E-state index in [1.807, 2.05) is 0 Å². The number of nitrogens with two attached hydrogens (primary N) is 1. The molecule has 0 atom stereocenters. The van der Waals surface area contributed by atoms with E-state index in [1.165, 1.54) is 12.1 Å². The fourth-order valence-corrected chi connectivity index (χ4v) is 2.89. The molecule has 0 aliphatic heterocycles. The predicted molar refractivity (Wildman–Crippen MR) is 69.6 cm³/mol. The fourth-order valence-electron chi connectivity index (χ4n) is 2.89. The summed E-state index contributed by atoms with van der Waals surface area (Å²) in [6.07, 6.45) is 0.373. The van der Waals surface area contributed by atoms with Crippen LogP contribution in [0.5, 0.6) is 0 Å². The molecule has 0 saturated heterocycles. The van der Waals surface area contributed by atoms with Crippen LogP contribution in [0.4, 0.5) is 13.2 Å². The van der Waals surface area contributed by atoms with Crippen LogP contribution in [0.2, 0.25) is 0 Å². The third-order valence-corrected chi connectivity index (χ3v) is 4.34. The zero-order valence-corrected chi connectivity index (χ0v) is 11.1. The molecule has 0 radical (unpaired) electrons. The Morgan fingerprint density at radius 2 is 1.89 bits per heavy atom. The normalized spacial score (nSPS) is 28.4. The monoisotopic (exact) mass is 271 g/mol. The molecule has 2 N–H and O–H groups in total. The van der Waals surface area contributed by atoms with E-state index in [0.717, 1.165) is 38.2 Å². The highest BCUT2D eigenvalue weighted by molar-refractivity contribution is 5.31. The average molecular weight is 271 g/mol. The lowest BCUT2D eigenvalue weighted by molar-refractivity contribution is -0.137. The largest absolute Gasteiger partial charge is 0.416 e. The van der Waals surface area contributed by atoms with Gasteiger partial charge < -0.3 is 5.73 Å². The van der Waals surface area contributed by atoms with Gasteiger partial charge in [-0.15, -0.1) is 0 Å². The first-order valence-electron chi connectivity index (χ1n) is 6.82. The van der Waals surface area contributed by atoms with Crippen LogP contribution < -0.4 is 5.73 Å². The van der Waals surface area contributed by atoms with E-state index in [-0.39, 0.29) is 0 Å². The average Bonchev–Trinajstić information content (AvgIpc) is 2.39. The van der Waals surface area contributed by atoms with Crippen LogP contribution >= 0.6 is 0 Å². The Bertz CT molecular complexity index is 431. The van der Waals surface area contributed by atoms with Gasteiger partial charge in [0.15, 0.2) is 0 Å². The molecule has 1 aromatic rings. The number of hydrogen-bond acceptors (Lipinski definition) is 1. The zero-order chi connectivity index (χ0) is 14.1. The van der Waals surface area contributed by atoms with Crippen molar-refractivity contribution in [3.8, 4) is 0 Å². The molecule has 0 heterocycles. The lowest BCUT2D eigenvalue weighted by atomic mass is 9.72. The van der Waals surface area contributed by atoms with Gasteiger partial charge in [-0.05, 0) is 49.3 Å². The highest BCUT2D eigenvalue weighted by atomic mass is 19.4. The maximum Gasteiger partial charge on any atom is 0.416 e. The van der Waals surface area contributed by atoms with Gasteiger partial charge in [-0.2, -0.15) is 13.2 Å². The number of halogens is 3. The zero-order valence-electron chi connectivity index (χ0n) is 11.1. The van der Waals surface area contributed by atoms with Crippen molar-refractivity contribution < 1.29 is 13.2 Å². The van der Waals surface area contributed by atoms with Gasteiger partial charge in [-0.1, -0.05) is 25.5 Å². The van der Waals surface area contributed by atoms with Crippen molar-refractivity contribution in [2.24, 2.45) is 11.7 Å². The number of hydrogen-bond donors (Lipinski definition) is 1. The van der Waals surface area contributed by atoms with Crippen LogP contribution in [-0.4, -0.2) is 0 Å². The molecule has 0 aromatic heterocycles. The second kappa shape index (κ2) is 5.16. The minimum absolute atomic E-state index is 0.590. The molecule has 1 aliphatic rings. The highest BCUT2D eigenvalue weighted by Crippen LogP contribution is 2.40. The Kier molecular flexibility index (Phi) is 3.90.